The van der Waals surface area contributed by atoms with E-state index in [9.17, 15) is 0 Å². The van der Waals surface area contributed by atoms with Crippen LogP contribution >= 0.6 is 15.9 Å². The molecule has 1 aromatic carbocycles. The molecule has 0 fully saturated rings. The van der Waals surface area contributed by atoms with Crippen LogP contribution in [0.4, 0.5) is 0 Å². The van der Waals surface area contributed by atoms with Gasteiger partial charge in [-0.15, -0.1) is 0 Å². The van der Waals surface area contributed by atoms with Crippen molar-refractivity contribution in [2.24, 2.45) is 0 Å². The quantitative estimate of drug-likeness (QED) is 0.888. The van der Waals surface area contributed by atoms with Crippen LogP contribution in [0.1, 0.15) is 18.7 Å². The zero-order chi connectivity index (χ0) is 13.7. The molecule has 0 saturated heterocycles. The van der Waals surface area contributed by atoms with Crippen molar-refractivity contribution in [3.05, 3.63) is 46.7 Å². The zero-order valence-corrected chi connectivity index (χ0v) is 12.7. The molecule has 1 N–H and O–H groups in total. The number of ether oxygens (including phenoxy) is 1. The van der Waals surface area contributed by atoms with Crippen LogP contribution in [0.25, 0.3) is 0 Å². The van der Waals surface area contributed by atoms with E-state index in [4.69, 9.17) is 4.74 Å². The number of para-hydroxylation sites is 1. The molecule has 1 unspecified atom stereocenters. The Kier molecular flexibility index (Phi) is 4.99. The number of hydrogen-bond donors (Lipinski definition) is 1. The van der Waals surface area contributed by atoms with Crippen molar-refractivity contribution in [2.45, 2.75) is 19.5 Å². The van der Waals surface area contributed by atoms with Crippen LogP contribution in [-0.4, -0.2) is 23.4 Å². The lowest BCUT2D eigenvalue weighted by molar-refractivity contribution is 0.265. The maximum Gasteiger partial charge on any atom is 0.119 e. The fraction of sp³-hybridized carbons (Fsp3) is 0.357. The molecule has 19 heavy (non-hydrogen) atoms. The molecule has 0 aliphatic heterocycles. The molecular weight excluding hydrogens is 306 g/mol. The van der Waals surface area contributed by atoms with Gasteiger partial charge in [0.15, 0.2) is 0 Å². The Morgan fingerprint density at radius 1 is 1.37 bits per heavy atom. The molecule has 5 heteroatoms. The number of nitrogens with zero attached hydrogens (tertiary/aromatic N) is 2. The van der Waals surface area contributed by atoms with E-state index in [-0.39, 0.29) is 6.04 Å². The van der Waals surface area contributed by atoms with Crippen LogP contribution in [-0.2, 0) is 6.54 Å². The Morgan fingerprint density at radius 3 is 2.74 bits per heavy atom. The predicted octanol–water partition coefficient (Wildman–Crippen LogP) is 3.01. The Bertz CT molecular complexity index is 513. The molecule has 1 aromatic heterocycles. The molecule has 0 saturated carbocycles. The molecule has 1 heterocycles. The lowest BCUT2D eigenvalue weighted by Gasteiger charge is -2.19. The van der Waals surface area contributed by atoms with E-state index in [1.54, 1.807) is 0 Å². The molecule has 2 rings (SSSR count). The summed E-state index contributed by atoms with van der Waals surface area (Å²) in [5.74, 6) is 0.876. The third kappa shape index (κ3) is 3.36. The molecule has 2 aromatic rings. The van der Waals surface area contributed by atoms with Crippen LogP contribution in [0.2, 0.25) is 0 Å². The third-order valence-corrected chi connectivity index (χ3v) is 3.58. The average molecular weight is 324 g/mol. The highest BCUT2D eigenvalue weighted by molar-refractivity contribution is 9.10. The largest absolute Gasteiger partial charge is 0.492 e. The smallest absolute Gasteiger partial charge is 0.119 e. The topological polar surface area (TPSA) is 39.1 Å². The van der Waals surface area contributed by atoms with Crippen LogP contribution in [0.3, 0.4) is 0 Å². The van der Waals surface area contributed by atoms with Gasteiger partial charge < -0.3 is 10.1 Å². The Morgan fingerprint density at radius 2 is 2.11 bits per heavy atom. The number of nitrogens with one attached hydrogen (secondary N) is 1. The van der Waals surface area contributed by atoms with E-state index in [2.05, 4.69) is 33.3 Å². The second-order valence-electron chi connectivity index (χ2n) is 4.16. The van der Waals surface area contributed by atoms with Crippen LogP contribution in [0.15, 0.2) is 41.0 Å². The first-order valence-corrected chi connectivity index (χ1v) is 7.11. The summed E-state index contributed by atoms with van der Waals surface area (Å²) in [6.45, 7) is 3.48. The maximum atomic E-state index is 5.81. The number of aryl methyl sites for hydroxylation is 1. The lowest BCUT2D eigenvalue weighted by Crippen LogP contribution is -2.26. The highest BCUT2D eigenvalue weighted by atomic mass is 79.9. The molecule has 102 valence electrons. The van der Waals surface area contributed by atoms with Gasteiger partial charge in [0.25, 0.3) is 0 Å². The van der Waals surface area contributed by atoms with Crippen molar-refractivity contribution in [1.29, 1.82) is 0 Å². The second-order valence-corrected chi connectivity index (χ2v) is 5.01. The summed E-state index contributed by atoms with van der Waals surface area (Å²) in [6.07, 6.45) is 1.83. The molecule has 0 bridgehead atoms. The first-order valence-electron chi connectivity index (χ1n) is 6.32. The highest BCUT2D eigenvalue weighted by Crippen LogP contribution is 2.24. The van der Waals surface area contributed by atoms with Crippen molar-refractivity contribution in [3.63, 3.8) is 0 Å². The monoisotopic (exact) mass is 323 g/mol. The van der Waals surface area contributed by atoms with Crippen LogP contribution < -0.4 is 10.1 Å². The number of hydrogen-bond acceptors (Lipinski definition) is 3. The van der Waals surface area contributed by atoms with Crippen molar-refractivity contribution in [1.82, 2.24) is 15.1 Å². The first-order chi connectivity index (χ1) is 9.26. The molecule has 4 nitrogen and oxygen atoms in total. The standard InChI is InChI=1S/C14H18BrN3O/c1-3-18-14(12(15)9-17-18)13(16-2)10-19-11-7-5-4-6-8-11/h4-9,13,16H,3,10H2,1-2H3. The fourth-order valence-electron chi connectivity index (χ4n) is 1.97. The Labute approximate surface area is 121 Å². The highest BCUT2D eigenvalue weighted by Gasteiger charge is 2.18. The number of benzene rings is 1. The van der Waals surface area contributed by atoms with Gasteiger partial charge >= 0.3 is 0 Å². The van der Waals surface area contributed by atoms with Crippen molar-refractivity contribution >= 4 is 15.9 Å². The normalized spacial score (nSPS) is 12.4. The summed E-state index contributed by atoms with van der Waals surface area (Å²) in [6, 6.07) is 9.92. The summed E-state index contributed by atoms with van der Waals surface area (Å²) in [4.78, 5) is 0. The number of likely N-dealkylation sites (N-methyl/N-ethyl adjacent to an activating group) is 1. The number of halogens is 1. The first kappa shape index (κ1) is 14.1. The maximum absolute atomic E-state index is 5.81. The Balaban J connectivity index is 2.10. The molecule has 0 amide bonds. The minimum atomic E-state index is 0.0945. The molecular formula is C14H18BrN3O. The minimum Gasteiger partial charge on any atom is -0.492 e. The molecule has 0 radical (unpaired) electrons. The van der Waals surface area contributed by atoms with Gasteiger partial charge in [-0.3, -0.25) is 4.68 Å². The summed E-state index contributed by atoms with van der Waals surface area (Å²) in [5, 5.41) is 7.61. The van der Waals surface area contributed by atoms with Gasteiger partial charge in [0, 0.05) is 6.54 Å². The van der Waals surface area contributed by atoms with E-state index in [1.807, 2.05) is 48.3 Å². The van der Waals surface area contributed by atoms with Gasteiger partial charge in [-0.2, -0.15) is 5.10 Å². The SMILES string of the molecule is CCn1ncc(Br)c1C(COc1ccccc1)NC. The molecule has 0 aliphatic carbocycles. The second kappa shape index (κ2) is 6.73. The fourth-order valence-corrected chi connectivity index (χ4v) is 2.54. The van der Waals surface area contributed by atoms with Gasteiger partial charge in [-0.1, -0.05) is 18.2 Å². The summed E-state index contributed by atoms with van der Waals surface area (Å²) < 4.78 is 8.79. The minimum absolute atomic E-state index is 0.0945. The van der Waals surface area contributed by atoms with Gasteiger partial charge in [0.1, 0.15) is 12.4 Å². The zero-order valence-electron chi connectivity index (χ0n) is 11.1. The lowest BCUT2D eigenvalue weighted by atomic mass is 10.2. The predicted molar refractivity (Wildman–Crippen MR) is 79.3 cm³/mol. The van der Waals surface area contributed by atoms with Gasteiger partial charge in [-0.05, 0) is 42.0 Å². The van der Waals surface area contributed by atoms with Crippen molar-refractivity contribution < 1.29 is 4.74 Å². The van der Waals surface area contributed by atoms with Crippen LogP contribution in [0.5, 0.6) is 5.75 Å². The van der Waals surface area contributed by atoms with Crippen molar-refractivity contribution in [3.8, 4) is 5.75 Å². The average Bonchev–Trinajstić information content (AvgIpc) is 2.82. The number of aromatic nitrogens is 2. The molecule has 0 aliphatic rings. The molecule has 1 atom stereocenters. The van der Waals surface area contributed by atoms with Crippen molar-refractivity contribution in [2.75, 3.05) is 13.7 Å². The summed E-state index contributed by atoms with van der Waals surface area (Å²) in [7, 11) is 1.93. The van der Waals surface area contributed by atoms with Crippen LogP contribution in [0, 0.1) is 0 Å². The van der Waals surface area contributed by atoms with E-state index < -0.39 is 0 Å². The third-order valence-electron chi connectivity index (χ3n) is 2.97. The number of rotatable bonds is 6. The van der Waals surface area contributed by atoms with E-state index in [1.165, 1.54) is 0 Å². The Hall–Kier alpha value is -1.33. The summed E-state index contributed by atoms with van der Waals surface area (Å²) in [5.41, 5.74) is 1.11. The van der Waals surface area contributed by atoms with Gasteiger partial charge in [0.05, 0.1) is 22.4 Å². The van der Waals surface area contributed by atoms with E-state index >= 15 is 0 Å². The van der Waals surface area contributed by atoms with Gasteiger partial charge in [0.2, 0.25) is 0 Å². The van der Waals surface area contributed by atoms with E-state index in [0.29, 0.717) is 6.61 Å². The summed E-state index contributed by atoms with van der Waals surface area (Å²) >= 11 is 3.55. The van der Waals surface area contributed by atoms with Gasteiger partial charge in [-0.25, -0.2) is 0 Å². The van der Waals surface area contributed by atoms with E-state index in [0.717, 1.165) is 22.5 Å². The molecule has 0 spiro atoms.